The minimum atomic E-state index is -4.57. The van der Waals surface area contributed by atoms with Gasteiger partial charge in [-0.2, -0.15) is 0 Å². The van der Waals surface area contributed by atoms with E-state index in [0.29, 0.717) is 37.2 Å². The lowest BCUT2D eigenvalue weighted by atomic mass is 9.99. The molecule has 6 aromatic rings. The van der Waals surface area contributed by atoms with E-state index in [2.05, 4.69) is 97.3 Å². The number of anilines is 3. The largest absolute Gasteiger partial charge is 0.455 e. The van der Waals surface area contributed by atoms with Crippen molar-refractivity contribution in [1.29, 1.82) is 0 Å². The van der Waals surface area contributed by atoms with Crippen molar-refractivity contribution in [2.75, 3.05) is 68.6 Å². The first kappa shape index (κ1) is 43.7. The topological polar surface area (TPSA) is 175 Å². The number of nitrogens with zero attached hydrogens (tertiary/aromatic N) is 5. The number of amides is 1. The summed E-state index contributed by atoms with van der Waals surface area (Å²) in [6.45, 7) is 4.75. The molecular formula is C49H54N8O7S. The lowest BCUT2D eigenvalue weighted by Gasteiger charge is -2.34. The Bertz CT molecular complexity index is 2790. The van der Waals surface area contributed by atoms with Gasteiger partial charge >= 0.3 is 0 Å². The van der Waals surface area contributed by atoms with Crippen molar-refractivity contribution in [2.45, 2.75) is 55.5 Å². The van der Waals surface area contributed by atoms with E-state index in [-0.39, 0.29) is 29.0 Å². The molecule has 2 aromatic heterocycles. The Morgan fingerprint density at radius 1 is 0.923 bits per heavy atom. The van der Waals surface area contributed by atoms with Gasteiger partial charge < -0.3 is 34.5 Å². The van der Waals surface area contributed by atoms with E-state index >= 15 is 0 Å². The van der Waals surface area contributed by atoms with Crippen molar-refractivity contribution in [2.24, 2.45) is 5.92 Å². The standard InChI is InChI=1S/C49H54N8O7S/c1-54(2)32-38-7-5-23-56(38)44-9-4-3-8-41(44)45-10-6-24-55(45)37-14-11-34(12-15-37)35-13-17-42(47(28-35)64-39-27-36-19-22-50-48(36)52-31-39)49(58)53-65(61,62)40-16-18-43(46(29-40)57(59)60)51-30-33-20-25-63-26-21-33/h3-4,8-9,11-19,22,27-29,31,33,38,45,51H,5-7,10,20-21,23-26,30,32H2,1-2H3,(H,50,52)(H,53,58). The Morgan fingerprint density at radius 3 is 2.49 bits per heavy atom. The monoisotopic (exact) mass is 898 g/mol. The Kier molecular flexibility index (Phi) is 12.7. The fourth-order valence-electron chi connectivity index (χ4n) is 9.54. The van der Waals surface area contributed by atoms with Gasteiger partial charge in [0.2, 0.25) is 0 Å². The maximum Gasteiger partial charge on any atom is 0.293 e. The molecule has 0 saturated carbocycles. The third-order valence-electron chi connectivity index (χ3n) is 12.8. The molecule has 15 nitrogen and oxygen atoms in total. The average Bonchev–Trinajstić information content (AvgIpc) is 4.10. The van der Waals surface area contributed by atoms with Gasteiger partial charge in [-0.25, -0.2) is 18.1 Å². The van der Waals surface area contributed by atoms with Crippen molar-refractivity contribution in [3.8, 4) is 22.6 Å². The van der Waals surface area contributed by atoms with Crippen LogP contribution in [-0.4, -0.2) is 93.6 Å². The van der Waals surface area contributed by atoms with E-state index in [9.17, 15) is 23.3 Å². The highest BCUT2D eigenvalue weighted by molar-refractivity contribution is 7.90. The maximum absolute atomic E-state index is 14.0. The highest BCUT2D eigenvalue weighted by atomic mass is 32.2. The number of para-hydroxylation sites is 1. The molecule has 0 radical (unpaired) electrons. The number of nitrogens with one attached hydrogen (secondary N) is 3. The second-order valence-corrected chi connectivity index (χ2v) is 19.1. The molecule has 3 fully saturated rings. The second kappa shape index (κ2) is 18.9. The number of nitro groups is 1. The predicted octanol–water partition coefficient (Wildman–Crippen LogP) is 8.76. The number of ether oxygens (including phenoxy) is 2. The van der Waals surface area contributed by atoms with E-state index in [0.717, 1.165) is 73.6 Å². The molecule has 3 N–H and O–H groups in total. The summed E-state index contributed by atoms with van der Waals surface area (Å²) in [5.41, 5.74) is 5.78. The SMILES string of the molecule is CN(C)CC1CCCN1c1ccccc1C1CCCN1c1ccc(-c2ccc(C(=O)NS(=O)(=O)c3ccc(NCC4CCOCC4)c([N+](=O)[O-])c3)c(Oc3cnc4[nH]ccc4c3)c2)cc1. The molecular weight excluding hydrogens is 845 g/mol. The number of sulfonamides is 1. The molecule has 0 aliphatic carbocycles. The van der Waals surface area contributed by atoms with Crippen LogP contribution in [0.1, 0.15) is 60.5 Å². The zero-order chi connectivity index (χ0) is 45.1. The van der Waals surface area contributed by atoms with Gasteiger partial charge in [0.05, 0.1) is 27.6 Å². The van der Waals surface area contributed by atoms with Crippen molar-refractivity contribution in [3.05, 3.63) is 131 Å². The van der Waals surface area contributed by atoms with E-state index in [4.69, 9.17) is 9.47 Å². The first-order valence-electron chi connectivity index (χ1n) is 22.3. The van der Waals surface area contributed by atoms with E-state index < -0.39 is 31.4 Å². The van der Waals surface area contributed by atoms with Gasteiger partial charge in [0.1, 0.15) is 22.8 Å². The fraction of sp³-hybridized carbons (Fsp3) is 0.347. The third kappa shape index (κ3) is 9.65. The molecule has 1 amide bonds. The van der Waals surface area contributed by atoms with Crippen LogP contribution in [0.15, 0.2) is 114 Å². The summed E-state index contributed by atoms with van der Waals surface area (Å²) in [7, 11) is -0.283. The number of likely N-dealkylation sites (N-methyl/N-ethyl adjacent to an activating group) is 1. The molecule has 338 valence electrons. The molecule has 3 aliphatic heterocycles. The minimum Gasteiger partial charge on any atom is -0.455 e. The molecule has 4 aromatic carbocycles. The van der Waals surface area contributed by atoms with Gasteiger partial charge in [0, 0.05) is 74.5 Å². The van der Waals surface area contributed by atoms with Gasteiger partial charge in [-0.15, -0.1) is 0 Å². The predicted molar refractivity (Wildman–Crippen MR) is 253 cm³/mol. The number of aromatic amines is 1. The molecule has 0 bridgehead atoms. The molecule has 65 heavy (non-hydrogen) atoms. The van der Waals surface area contributed by atoms with Crippen molar-refractivity contribution < 1.29 is 27.6 Å². The first-order valence-corrected chi connectivity index (χ1v) is 23.8. The molecule has 3 saturated heterocycles. The van der Waals surface area contributed by atoms with E-state index in [1.165, 1.54) is 48.5 Å². The molecule has 16 heteroatoms. The zero-order valence-corrected chi connectivity index (χ0v) is 37.4. The van der Waals surface area contributed by atoms with Crippen molar-refractivity contribution in [1.82, 2.24) is 19.6 Å². The molecule has 2 unspecified atom stereocenters. The highest BCUT2D eigenvalue weighted by Crippen LogP contribution is 2.43. The van der Waals surface area contributed by atoms with Gasteiger partial charge in [0.25, 0.3) is 21.6 Å². The molecule has 5 heterocycles. The van der Waals surface area contributed by atoms with Crippen molar-refractivity contribution >= 4 is 49.7 Å². The van der Waals surface area contributed by atoms with Crippen LogP contribution in [0, 0.1) is 16.0 Å². The quantitative estimate of drug-likeness (QED) is 0.0661. The lowest BCUT2D eigenvalue weighted by molar-refractivity contribution is -0.384. The number of aromatic nitrogens is 2. The van der Waals surface area contributed by atoms with E-state index in [1.807, 2.05) is 6.07 Å². The van der Waals surface area contributed by atoms with E-state index in [1.54, 1.807) is 24.4 Å². The number of hydrogen-bond donors (Lipinski definition) is 3. The number of carbonyl (C=O) groups excluding carboxylic acids is 1. The van der Waals surface area contributed by atoms with Crippen LogP contribution >= 0.6 is 0 Å². The fourth-order valence-corrected chi connectivity index (χ4v) is 10.5. The molecule has 3 aliphatic rings. The number of H-pyrrole nitrogens is 1. The number of benzene rings is 4. The third-order valence-corrected chi connectivity index (χ3v) is 14.1. The summed E-state index contributed by atoms with van der Waals surface area (Å²) in [4.78, 5) is 39.9. The molecule has 0 spiro atoms. The minimum absolute atomic E-state index is 0.0586. The Hall–Kier alpha value is -6.49. The number of carbonyl (C=O) groups is 1. The van der Waals surface area contributed by atoms with Crippen LogP contribution in [0.4, 0.5) is 22.7 Å². The summed E-state index contributed by atoms with van der Waals surface area (Å²) < 4.78 is 41.3. The Labute approximate surface area is 379 Å². The summed E-state index contributed by atoms with van der Waals surface area (Å²) in [5, 5.41) is 16.0. The normalized spacial score (nSPS) is 18.1. The molecule has 2 atom stereocenters. The summed E-state index contributed by atoms with van der Waals surface area (Å²) >= 11 is 0. The van der Waals surface area contributed by atoms with Crippen molar-refractivity contribution in [3.63, 3.8) is 0 Å². The first-order chi connectivity index (χ1) is 31.5. The Morgan fingerprint density at radius 2 is 1.69 bits per heavy atom. The van der Waals surface area contributed by atoms with Gasteiger partial charge in [-0.1, -0.05) is 36.4 Å². The number of fused-ring (bicyclic) bond motifs is 1. The van der Waals surface area contributed by atoms with Crippen LogP contribution < -0.4 is 24.6 Å². The average molecular weight is 899 g/mol. The van der Waals surface area contributed by atoms with Crippen LogP contribution in [0.2, 0.25) is 0 Å². The van der Waals surface area contributed by atoms with Gasteiger partial charge in [0.15, 0.2) is 0 Å². The number of hydrogen-bond acceptors (Lipinski definition) is 12. The maximum atomic E-state index is 14.0. The number of pyridine rings is 1. The van der Waals surface area contributed by atoms with Crippen LogP contribution in [0.5, 0.6) is 11.5 Å². The number of rotatable bonds is 15. The van der Waals surface area contributed by atoms with Gasteiger partial charge in [-0.3, -0.25) is 14.9 Å². The highest BCUT2D eigenvalue weighted by Gasteiger charge is 2.33. The Balaban J connectivity index is 0.972. The summed E-state index contributed by atoms with van der Waals surface area (Å²) in [6, 6.07) is 30.1. The summed E-state index contributed by atoms with van der Waals surface area (Å²) in [6.07, 6.45) is 9.45. The summed E-state index contributed by atoms with van der Waals surface area (Å²) in [5.74, 6) is -0.264. The smallest absolute Gasteiger partial charge is 0.293 e. The zero-order valence-electron chi connectivity index (χ0n) is 36.6. The van der Waals surface area contributed by atoms with Crippen LogP contribution in [-0.2, 0) is 14.8 Å². The lowest BCUT2D eigenvalue weighted by Crippen LogP contribution is -2.38. The molecule has 9 rings (SSSR count). The number of nitro benzene ring substituents is 1. The van der Waals surface area contributed by atoms with Crippen LogP contribution in [0.25, 0.3) is 22.2 Å². The second-order valence-electron chi connectivity index (χ2n) is 17.4. The van der Waals surface area contributed by atoms with Gasteiger partial charge in [-0.05, 0) is 130 Å². The van der Waals surface area contributed by atoms with Crippen LogP contribution in [0.3, 0.4) is 0 Å².